The summed E-state index contributed by atoms with van der Waals surface area (Å²) in [6, 6.07) is 15.4. The zero-order chi connectivity index (χ0) is 17.8. The Morgan fingerprint density at radius 2 is 1.76 bits per heavy atom. The molecule has 0 unspecified atom stereocenters. The summed E-state index contributed by atoms with van der Waals surface area (Å²) in [4.78, 5) is 38.4. The fourth-order valence-electron chi connectivity index (χ4n) is 2.57. The number of para-hydroxylation sites is 1. The smallest absolute Gasteiger partial charge is 0.256 e. The van der Waals surface area contributed by atoms with Gasteiger partial charge in [0.2, 0.25) is 11.5 Å². The number of carbonyl (C=O) groups excluding carboxylic acids is 2. The molecule has 0 aliphatic carbocycles. The summed E-state index contributed by atoms with van der Waals surface area (Å²) in [5.74, 6) is -0.437. The van der Waals surface area contributed by atoms with E-state index in [1.54, 1.807) is 49.5 Å². The first kappa shape index (κ1) is 16.4. The lowest BCUT2D eigenvalue weighted by Gasteiger charge is -2.08. The Morgan fingerprint density at radius 3 is 2.48 bits per heavy atom. The molecule has 0 aliphatic rings. The maximum absolute atomic E-state index is 12.6. The molecule has 25 heavy (non-hydrogen) atoms. The van der Waals surface area contributed by atoms with Gasteiger partial charge in [-0.15, -0.1) is 0 Å². The average Bonchev–Trinajstić information content (AvgIpc) is 2.62. The zero-order valence-corrected chi connectivity index (χ0v) is 13.6. The van der Waals surface area contributed by atoms with Crippen LogP contribution in [0.1, 0.15) is 15.9 Å². The molecule has 6 nitrogen and oxygen atoms in total. The molecule has 0 saturated carbocycles. The van der Waals surface area contributed by atoms with Crippen molar-refractivity contribution in [3.8, 4) is 0 Å². The minimum atomic E-state index is -0.360. The Labute approximate surface area is 143 Å². The van der Waals surface area contributed by atoms with Crippen LogP contribution in [0.3, 0.4) is 0 Å². The van der Waals surface area contributed by atoms with Crippen LogP contribution in [-0.4, -0.2) is 23.8 Å². The molecular formula is C19H17N3O3. The van der Waals surface area contributed by atoms with Crippen molar-refractivity contribution in [2.24, 2.45) is 0 Å². The third kappa shape index (κ3) is 3.74. The second kappa shape index (κ2) is 7.00. The van der Waals surface area contributed by atoms with E-state index in [4.69, 9.17) is 0 Å². The standard InChI is InChI=1S/C19H17N3O3/c1-20-17(23)10-12-6-8-13(9-7-12)21-19(25)15-11-18(24)22-16-5-3-2-4-14(15)16/h2-9,11H,10H2,1H3,(H,20,23)(H,21,25)(H,22,24). The molecule has 3 N–H and O–H groups in total. The molecule has 2 amide bonds. The predicted molar refractivity (Wildman–Crippen MR) is 96.7 cm³/mol. The number of amides is 2. The number of nitrogens with one attached hydrogen (secondary N) is 3. The van der Waals surface area contributed by atoms with E-state index in [-0.39, 0.29) is 23.8 Å². The Kier molecular flexibility index (Phi) is 4.61. The van der Waals surface area contributed by atoms with Crippen LogP contribution in [0.15, 0.2) is 59.4 Å². The van der Waals surface area contributed by atoms with E-state index >= 15 is 0 Å². The van der Waals surface area contributed by atoms with E-state index in [1.165, 1.54) is 6.07 Å². The SMILES string of the molecule is CNC(=O)Cc1ccc(NC(=O)c2cc(=O)[nH]c3ccccc23)cc1. The molecule has 6 heteroatoms. The number of fused-ring (bicyclic) bond motifs is 1. The van der Waals surface area contributed by atoms with Crippen molar-refractivity contribution in [3.05, 3.63) is 76.1 Å². The van der Waals surface area contributed by atoms with E-state index in [0.29, 0.717) is 22.2 Å². The first-order valence-electron chi connectivity index (χ1n) is 7.80. The number of hydrogen-bond donors (Lipinski definition) is 3. The number of aromatic amines is 1. The summed E-state index contributed by atoms with van der Waals surface area (Å²) in [6.07, 6.45) is 0.281. The van der Waals surface area contributed by atoms with Crippen molar-refractivity contribution in [1.82, 2.24) is 10.3 Å². The van der Waals surface area contributed by atoms with E-state index in [1.807, 2.05) is 6.07 Å². The van der Waals surface area contributed by atoms with E-state index in [0.717, 1.165) is 5.56 Å². The van der Waals surface area contributed by atoms with Gasteiger partial charge in [0.25, 0.3) is 5.91 Å². The molecule has 1 aromatic heterocycles. The van der Waals surface area contributed by atoms with E-state index in [9.17, 15) is 14.4 Å². The third-order valence-corrected chi connectivity index (χ3v) is 3.85. The number of H-pyrrole nitrogens is 1. The molecule has 0 atom stereocenters. The quantitative estimate of drug-likeness (QED) is 0.682. The summed E-state index contributed by atoms with van der Waals surface area (Å²) in [6.45, 7) is 0. The number of hydrogen-bond acceptors (Lipinski definition) is 3. The fraction of sp³-hybridized carbons (Fsp3) is 0.105. The second-order valence-corrected chi connectivity index (χ2v) is 5.59. The monoisotopic (exact) mass is 335 g/mol. The highest BCUT2D eigenvalue weighted by atomic mass is 16.2. The summed E-state index contributed by atoms with van der Waals surface area (Å²) < 4.78 is 0. The predicted octanol–water partition coefficient (Wildman–Crippen LogP) is 2.07. The van der Waals surface area contributed by atoms with Crippen molar-refractivity contribution < 1.29 is 9.59 Å². The Morgan fingerprint density at radius 1 is 1.04 bits per heavy atom. The van der Waals surface area contributed by atoms with Gasteiger partial charge < -0.3 is 15.6 Å². The third-order valence-electron chi connectivity index (χ3n) is 3.85. The van der Waals surface area contributed by atoms with Gasteiger partial charge in [0, 0.05) is 29.7 Å². The Hall–Kier alpha value is -3.41. The van der Waals surface area contributed by atoms with Gasteiger partial charge >= 0.3 is 0 Å². The topological polar surface area (TPSA) is 91.1 Å². The lowest BCUT2D eigenvalue weighted by atomic mass is 10.1. The van der Waals surface area contributed by atoms with Gasteiger partial charge in [-0.3, -0.25) is 14.4 Å². The molecular weight excluding hydrogens is 318 g/mol. The minimum Gasteiger partial charge on any atom is -0.359 e. The van der Waals surface area contributed by atoms with Crippen molar-refractivity contribution >= 4 is 28.4 Å². The summed E-state index contributed by atoms with van der Waals surface area (Å²) in [5.41, 5.74) is 2.04. The maximum atomic E-state index is 12.6. The minimum absolute atomic E-state index is 0.0771. The molecule has 0 aliphatic heterocycles. The van der Waals surface area contributed by atoms with E-state index < -0.39 is 0 Å². The van der Waals surface area contributed by atoms with E-state index in [2.05, 4.69) is 15.6 Å². The van der Waals surface area contributed by atoms with Crippen LogP contribution in [0.25, 0.3) is 10.9 Å². The van der Waals surface area contributed by atoms with Gasteiger partial charge in [-0.1, -0.05) is 30.3 Å². The van der Waals surface area contributed by atoms with Crippen LogP contribution < -0.4 is 16.2 Å². The molecule has 2 aromatic carbocycles. The van der Waals surface area contributed by atoms with Crippen LogP contribution >= 0.6 is 0 Å². The molecule has 0 spiro atoms. The number of aromatic nitrogens is 1. The molecule has 126 valence electrons. The van der Waals surface area contributed by atoms with Crippen LogP contribution in [-0.2, 0) is 11.2 Å². The first-order valence-corrected chi connectivity index (χ1v) is 7.80. The average molecular weight is 335 g/mol. The van der Waals surface area contributed by atoms with Gasteiger partial charge in [0.15, 0.2) is 0 Å². The lowest BCUT2D eigenvalue weighted by molar-refractivity contribution is -0.119. The van der Waals surface area contributed by atoms with Crippen LogP contribution in [0, 0.1) is 0 Å². The first-order chi connectivity index (χ1) is 12.1. The van der Waals surface area contributed by atoms with Crippen molar-refractivity contribution in [2.75, 3.05) is 12.4 Å². The number of rotatable bonds is 4. The highest BCUT2D eigenvalue weighted by molar-refractivity contribution is 6.12. The highest BCUT2D eigenvalue weighted by Gasteiger charge is 2.12. The second-order valence-electron chi connectivity index (χ2n) is 5.59. The molecule has 3 rings (SSSR count). The molecule has 0 saturated heterocycles. The molecule has 1 heterocycles. The van der Waals surface area contributed by atoms with Crippen molar-refractivity contribution in [1.29, 1.82) is 0 Å². The van der Waals surface area contributed by atoms with Crippen molar-refractivity contribution in [2.45, 2.75) is 6.42 Å². The largest absolute Gasteiger partial charge is 0.359 e. The number of carbonyl (C=O) groups is 2. The van der Waals surface area contributed by atoms with Crippen LogP contribution in [0.2, 0.25) is 0 Å². The van der Waals surface area contributed by atoms with Crippen molar-refractivity contribution in [3.63, 3.8) is 0 Å². The number of likely N-dealkylation sites (N-methyl/N-ethyl adjacent to an activating group) is 1. The molecule has 3 aromatic rings. The zero-order valence-electron chi connectivity index (χ0n) is 13.6. The van der Waals surface area contributed by atoms with Gasteiger partial charge in [-0.25, -0.2) is 0 Å². The normalized spacial score (nSPS) is 10.4. The molecule has 0 fully saturated rings. The molecule has 0 bridgehead atoms. The summed E-state index contributed by atoms with van der Waals surface area (Å²) >= 11 is 0. The van der Waals surface area contributed by atoms with Gasteiger partial charge in [-0.05, 0) is 23.8 Å². The number of pyridine rings is 1. The van der Waals surface area contributed by atoms with Crippen LogP contribution in [0.5, 0.6) is 0 Å². The van der Waals surface area contributed by atoms with Gasteiger partial charge in [0.05, 0.1) is 12.0 Å². The number of benzene rings is 2. The summed E-state index contributed by atoms with van der Waals surface area (Å²) in [7, 11) is 1.59. The maximum Gasteiger partial charge on any atom is 0.256 e. The van der Waals surface area contributed by atoms with Crippen LogP contribution in [0.4, 0.5) is 5.69 Å². The Balaban J connectivity index is 1.83. The van der Waals surface area contributed by atoms with Gasteiger partial charge in [-0.2, -0.15) is 0 Å². The van der Waals surface area contributed by atoms with Gasteiger partial charge in [0.1, 0.15) is 0 Å². The lowest BCUT2D eigenvalue weighted by Crippen LogP contribution is -2.20. The Bertz CT molecular complexity index is 991. The highest BCUT2D eigenvalue weighted by Crippen LogP contribution is 2.17. The fourth-order valence-corrected chi connectivity index (χ4v) is 2.57. The molecule has 0 radical (unpaired) electrons. The number of anilines is 1. The summed E-state index contributed by atoms with van der Waals surface area (Å²) in [5, 5.41) is 6.02.